The summed E-state index contributed by atoms with van der Waals surface area (Å²) in [6, 6.07) is 0. The van der Waals surface area contributed by atoms with E-state index in [-0.39, 0.29) is 51.4 Å². The molecule has 0 aliphatic carbocycles. The molecule has 0 amide bonds. The van der Waals surface area contributed by atoms with Crippen LogP contribution in [-0.4, -0.2) is 25.8 Å². The van der Waals surface area contributed by atoms with Crippen LogP contribution in [0.5, 0.6) is 0 Å². The van der Waals surface area contributed by atoms with E-state index in [9.17, 15) is 14.7 Å². The van der Waals surface area contributed by atoms with Gasteiger partial charge in [0.25, 0.3) is 0 Å². The van der Waals surface area contributed by atoms with E-state index in [0.717, 1.165) is 0 Å². The van der Waals surface area contributed by atoms with E-state index in [1.165, 1.54) is 0 Å². The largest absolute Gasteiger partial charge is 1.00 e. The van der Waals surface area contributed by atoms with Gasteiger partial charge in [0.1, 0.15) is 5.69 Å². The minimum atomic E-state index is -1.63. The minimum absolute atomic E-state index is 0. The van der Waals surface area contributed by atoms with Crippen molar-refractivity contribution in [2.24, 2.45) is 0 Å². The van der Waals surface area contributed by atoms with Gasteiger partial charge in [-0.1, -0.05) is 0 Å². The van der Waals surface area contributed by atoms with Crippen molar-refractivity contribution in [2.45, 2.75) is 0 Å². The molecule has 8 heteroatoms. The molecule has 58 valence electrons. The Bertz CT molecular complexity index is 283. The Kier molecular flexibility index (Phi) is 5.05. The van der Waals surface area contributed by atoms with Gasteiger partial charge in [-0.25, -0.2) is 4.79 Å². The number of aromatic nitrogens is 2. The molecular formula is C4HKN2O4S. The second kappa shape index (κ2) is 4.99. The first-order valence-corrected chi connectivity index (χ1v) is 3.13. The fraction of sp³-hybridized carbons (Fsp3) is 0. The number of nitrogens with zero attached hydrogens (tertiary/aromatic N) is 2. The Balaban J connectivity index is 0.00000121. The number of aromatic carboxylic acids is 2. The van der Waals surface area contributed by atoms with Gasteiger partial charge in [-0.05, 0) is 0 Å². The van der Waals surface area contributed by atoms with E-state index in [0.29, 0.717) is 11.7 Å². The minimum Gasteiger partial charge on any atom is -0.543 e. The van der Waals surface area contributed by atoms with Crippen LogP contribution >= 0.6 is 11.7 Å². The maximum atomic E-state index is 10.2. The summed E-state index contributed by atoms with van der Waals surface area (Å²) in [6.07, 6.45) is 0. The summed E-state index contributed by atoms with van der Waals surface area (Å²) in [7, 11) is 0. The second-order valence-electron chi connectivity index (χ2n) is 1.55. The van der Waals surface area contributed by atoms with Crippen LogP contribution in [0.15, 0.2) is 0 Å². The Morgan fingerprint density at radius 2 is 1.83 bits per heavy atom. The van der Waals surface area contributed by atoms with Gasteiger partial charge in [0.05, 0.1) is 17.7 Å². The van der Waals surface area contributed by atoms with Crippen molar-refractivity contribution in [1.82, 2.24) is 8.75 Å². The molecule has 1 heterocycles. The van der Waals surface area contributed by atoms with Gasteiger partial charge >= 0.3 is 57.4 Å². The average molecular weight is 212 g/mol. The van der Waals surface area contributed by atoms with Gasteiger partial charge in [0.15, 0.2) is 5.69 Å². The number of carbonyl (C=O) groups is 2. The molecule has 0 aliphatic heterocycles. The molecular weight excluding hydrogens is 211 g/mol. The summed E-state index contributed by atoms with van der Waals surface area (Å²) >= 11 is 0.521. The predicted molar refractivity (Wildman–Crippen MR) is 31.2 cm³/mol. The zero-order valence-electron chi connectivity index (χ0n) is 5.97. The molecule has 0 aliphatic rings. The van der Waals surface area contributed by atoms with Crippen LogP contribution in [0.2, 0.25) is 0 Å². The molecule has 1 N–H and O–H groups in total. The molecule has 0 aromatic carbocycles. The van der Waals surface area contributed by atoms with Gasteiger partial charge in [0, 0.05) is 0 Å². The number of carboxylic acids is 2. The van der Waals surface area contributed by atoms with Crippen LogP contribution < -0.4 is 56.5 Å². The first-order valence-electron chi connectivity index (χ1n) is 2.40. The van der Waals surface area contributed by atoms with E-state index in [1.807, 2.05) is 0 Å². The third kappa shape index (κ3) is 2.57. The van der Waals surface area contributed by atoms with Crippen LogP contribution in [0, 0.1) is 0 Å². The molecule has 0 spiro atoms. The van der Waals surface area contributed by atoms with Crippen molar-refractivity contribution >= 4 is 23.7 Å². The molecule has 6 nitrogen and oxygen atoms in total. The molecule has 12 heavy (non-hydrogen) atoms. The molecule has 0 bridgehead atoms. The fourth-order valence-electron chi connectivity index (χ4n) is 0.463. The van der Waals surface area contributed by atoms with Gasteiger partial charge in [-0.15, -0.1) is 0 Å². The normalized spacial score (nSPS) is 8.67. The average Bonchev–Trinajstić information content (AvgIpc) is 2.32. The van der Waals surface area contributed by atoms with Crippen LogP contribution in [-0.2, 0) is 0 Å². The standard InChI is InChI=1S/C4H2N2O4S.K/c7-3(8)1-2(4(9)10)6-11-5-1;/h(H,7,8)(H,9,10);/q;+1/p-1. The Morgan fingerprint density at radius 3 is 2.17 bits per heavy atom. The summed E-state index contributed by atoms with van der Waals surface area (Å²) in [5.41, 5.74) is -1.20. The van der Waals surface area contributed by atoms with E-state index >= 15 is 0 Å². The first-order chi connectivity index (χ1) is 5.13. The van der Waals surface area contributed by atoms with Crippen LogP contribution in [0.4, 0.5) is 0 Å². The number of carbonyl (C=O) groups excluding carboxylic acids is 1. The molecule has 1 rings (SSSR count). The second-order valence-corrected chi connectivity index (χ2v) is 2.08. The summed E-state index contributed by atoms with van der Waals surface area (Å²) in [4.78, 5) is 20.3. The molecule has 0 saturated heterocycles. The van der Waals surface area contributed by atoms with E-state index in [1.54, 1.807) is 0 Å². The number of rotatable bonds is 2. The predicted octanol–water partition coefficient (Wildman–Crippen LogP) is -4.40. The monoisotopic (exact) mass is 212 g/mol. The fourth-order valence-corrected chi connectivity index (χ4v) is 0.992. The number of hydrogen-bond acceptors (Lipinski definition) is 6. The third-order valence-electron chi connectivity index (χ3n) is 0.884. The molecule has 0 saturated carbocycles. The molecule has 0 fully saturated rings. The van der Waals surface area contributed by atoms with Crippen LogP contribution in [0.1, 0.15) is 21.0 Å². The van der Waals surface area contributed by atoms with Crippen molar-refractivity contribution in [2.75, 3.05) is 0 Å². The van der Waals surface area contributed by atoms with Crippen LogP contribution in [0.25, 0.3) is 0 Å². The summed E-state index contributed by atoms with van der Waals surface area (Å²) in [5, 5.41) is 18.4. The van der Waals surface area contributed by atoms with Gasteiger partial charge in [-0.2, -0.15) is 8.75 Å². The summed E-state index contributed by atoms with van der Waals surface area (Å²) in [6.45, 7) is 0. The SMILES string of the molecule is O=C([O-])c1nsnc1C(=O)O.[K+]. The maximum absolute atomic E-state index is 10.2. The zero-order valence-corrected chi connectivity index (χ0v) is 9.91. The van der Waals surface area contributed by atoms with Crippen molar-refractivity contribution in [3.05, 3.63) is 11.4 Å². The quantitative estimate of drug-likeness (QED) is 0.496. The van der Waals surface area contributed by atoms with Crippen molar-refractivity contribution in [3.8, 4) is 0 Å². The zero-order chi connectivity index (χ0) is 8.43. The van der Waals surface area contributed by atoms with E-state index < -0.39 is 23.3 Å². The van der Waals surface area contributed by atoms with Crippen molar-refractivity contribution in [1.29, 1.82) is 0 Å². The summed E-state index contributed by atoms with van der Waals surface area (Å²) < 4.78 is 6.47. The molecule has 0 atom stereocenters. The smallest absolute Gasteiger partial charge is 0.543 e. The summed E-state index contributed by atoms with van der Waals surface area (Å²) in [5.74, 6) is -3.05. The Labute approximate surface area is 113 Å². The van der Waals surface area contributed by atoms with Crippen molar-refractivity contribution < 1.29 is 71.2 Å². The van der Waals surface area contributed by atoms with Crippen LogP contribution in [0.3, 0.4) is 0 Å². The number of carboxylic acid groups (broad SMARTS) is 2. The Hall–Kier alpha value is 0.136. The molecule has 1 aromatic rings. The first kappa shape index (κ1) is 12.1. The Morgan fingerprint density at radius 1 is 1.33 bits per heavy atom. The van der Waals surface area contributed by atoms with E-state index in [2.05, 4.69) is 8.75 Å². The van der Waals surface area contributed by atoms with Gasteiger partial charge < -0.3 is 15.0 Å². The molecule has 1 aromatic heterocycles. The van der Waals surface area contributed by atoms with E-state index in [4.69, 9.17) is 5.11 Å². The maximum Gasteiger partial charge on any atom is 1.00 e. The van der Waals surface area contributed by atoms with Gasteiger partial charge in [-0.3, -0.25) is 0 Å². The molecule has 0 radical (unpaired) electrons. The van der Waals surface area contributed by atoms with Crippen molar-refractivity contribution in [3.63, 3.8) is 0 Å². The van der Waals surface area contributed by atoms with Gasteiger partial charge in [0.2, 0.25) is 0 Å². The topological polar surface area (TPSA) is 103 Å². The number of hydrogen-bond donors (Lipinski definition) is 1. The molecule has 0 unspecified atom stereocenters. The third-order valence-corrected chi connectivity index (χ3v) is 1.41.